The molecule has 0 saturated carbocycles. The number of hydrogen-bond donors (Lipinski definition) is 0. The lowest BCUT2D eigenvalue weighted by Gasteiger charge is -2.38. The zero-order chi connectivity index (χ0) is 12.8. The molecule has 0 aliphatic carbocycles. The van der Waals surface area contributed by atoms with Crippen LogP contribution in [0.1, 0.15) is 20.8 Å². The molecule has 17 heavy (non-hydrogen) atoms. The van der Waals surface area contributed by atoms with E-state index in [1.54, 1.807) is 0 Å². The zero-order valence-corrected chi connectivity index (χ0v) is 12.3. The van der Waals surface area contributed by atoms with E-state index in [4.69, 9.17) is 13.9 Å². The number of rotatable bonds is 2. The highest BCUT2D eigenvalue weighted by atomic mass is 28.4. The second kappa shape index (κ2) is 4.15. The number of carbonyl (C=O) groups is 1. The Kier molecular flexibility index (Phi) is 3.23. The molecular formula is C12H22O4Si. The molecule has 0 aromatic carbocycles. The number of hydrogen-bond acceptors (Lipinski definition) is 4. The molecule has 4 nitrogen and oxygen atoms in total. The molecule has 0 aromatic heterocycles. The van der Waals surface area contributed by atoms with Gasteiger partial charge in [0.05, 0.1) is 12.7 Å². The molecular weight excluding hydrogens is 236 g/mol. The molecule has 2 fully saturated rings. The van der Waals surface area contributed by atoms with Crippen LogP contribution >= 0.6 is 0 Å². The normalized spacial score (nSPS) is 34.2. The van der Waals surface area contributed by atoms with E-state index in [0.717, 1.165) is 0 Å². The van der Waals surface area contributed by atoms with Crippen LogP contribution in [-0.4, -0.2) is 45.6 Å². The van der Waals surface area contributed by atoms with Crippen LogP contribution in [0.2, 0.25) is 18.1 Å². The molecule has 0 amide bonds. The lowest BCUT2D eigenvalue weighted by Crippen LogP contribution is -2.47. The lowest BCUT2D eigenvalue weighted by molar-refractivity contribution is -0.125. The van der Waals surface area contributed by atoms with Crippen molar-refractivity contribution in [3.63, 3.8) is 0 Å². The summed E-state index contributed by atoms with van der Waals surface area (Å²) in [7, 11) is -1.82. The van der Waals surface area contributed by atoms with Gasteiger partial charge in [0, 0.05) is 0 Å². The van der Waals surface area contributed by atoms with Crippen molar-refractivity contribution in [3.8, 4) is 0 Å². The molecule has 0 radical (unpaired) electrons. The van der Waals surface area contributed by atoms with E-state index in [9.17, 15) is 4.79 Å². The number of ether oxygens (including phenoxy) is 2. The average molecular weight is 258 g/mol. The van der Waals surface area contributed by atoms with Gasteiger partial charge in [-0.15, -0.1) is 0 Å². The predicted molar refractivity (Wildman–Crippen MR) is 66.6 cm³/mol. The van der Waals surface area contributed by atoms with Gasteiger partial charge in [0.25, 0.3) is 0 Å². The van der Waals surface area contributed by atoms with Crippen molar-refractivity contribution >= 4 is 14.1 Å². The monoisotopic (exact) mass is 258 g/mol. The maximum atomic E-state index is 11.5. The Labute approximate surface area is 104 Å². The Balaban J connectivity index is 2.04. The Morgan fingerprint density at radius 1 is 1.29 bits per heavy atom. The van der Waals surface area contributed by atoms with Gasteiger partial charge in [-0.05, 0) is 18.1 Å². The van der Waals surface area contributed by atoms with E-state index in [2.05, 4.69) is 33.9 Å². The first-order valence-electron chi connectivity index (χ1n) is 6.16. The Morgan fingerprint density at radius 3 is 2.53 bits per heavy atom. The lowest BCUT2D eigenvalue weighted by atomic mass is 10.1. The van der Waals surface area contributed by atoms with Crippen LogP contribution in [-0.2, 0) is 18.7 Å². The SMILES string of the molecule is CC(C)(C)[Si](C)(C)O[C@H]1CO[C@@H]2C(=O)CO[C@H]12. The van der Waals surface area contributed by atoms with Crippen molar-refractivity contribution in [3.05, 3.63) is 0 Å². The highest BCUT2D eigenvalue weighted by Gasteiger charge is 2.50. The highest BCUT2D eigenvalue weighted by molar-refractivity contribution is 6.74. The van der Waals surface area contributed by atoms with Crippen LogP contribution in [0.4, 0.5) is 0 Å². The summed E-state index contributed by atoms with van der Waals surface area (Å²) in [6.07, 6.45) is -0.645. The molecule has 0 bridgehead atoms. The number of Topliss-reactive ketones (excluding diaryl/α,β-unsaturated/α-hetero) is 1. The first-order valence-corrected chi connectivity index (χ1v) is 9.07. The van der Waals surface area contributed by atoms with Crippen LogP contribution in [0.3, 0.4) is 0 Å². The smallest absolute Gasteiger partial charge is 0.192 e. The van der Waals surface area contributed by atoms with Gasteiger partial charge in [0.15, 0.2) is 14.1 Å². The van der Waals surface area contributed by atoms with E-state index in [-0.39, 0.29) is 35.7 Å². The van der Waals surface area contributed by atoms with E-state index in [1.807, 2.05) is 0 Å². The molecule has 2 heterocycles. The van der Waals surface area contributed by atoms with Gasteiger partial charge in [0.2, 0.25) is 0 Å². The van der Waals surface area contributed by atoms with Crippen LogP contribution in [0, 0.1) is 0 Å². The fraction of sp³-hybridized carbons (Fsp3) is 0.917. The van der Waals surface area contributed by atoms with Crippen molar-refractivity contribution in [1.82, 2.24) is 0 Å². The van der Waals surface area contributed by atoms with Crippen molar-refractivity contribution in [2.75, 3.05) is 13.2 Å². The van der Waals surface area contributed by atoms with Crippen LogP contribution in [0.5, 0.6) is 0 Å². The van der Waals surface area contributed by atoms with Crippen LogP contribution in [0.25, 0.3) is 0 Å². The third-order valence-electron chi connectivity index (χ3n) is 4.09. The molecule has 0 N–H and O–H groups in total. The largest absolute Gasteiger partial charge is 0.409 e. The Hall–Kier alpha value is -0.233. The van der Waals surface area contributed by atoms with Gasteiger partial charge in [-0.25, -0.2) is 0 Å². The molecule has 2 aliphatic heterocycles. The summed E-state index contributed by atoms with van der Waals surface area (Å²) in [5, 5.41) is 0.160. The van der Waals surface area contributed by atoms with Gasteiger partial charge in [0.1, 0.15) is 18.8 Å². The molecule has 3 atom stereocenters. The molecule has 98 valence electrons. The van der Waals surface area contributed by atoms with E-state index in [1.165, 1.54) is 0 Å². The Morgan fingerprint density at radius 2 is 1.94 bits per heavy atom. The number of carbonyl (C=O) groups excluding carboxylic acids is 1. The number of fused-ring (bicyclic) bond motifs is 1. The van der Waals surface area contributed by atoms with Gasteiger partial charge >= 0.3 is 0 Å². The molecule has 2 aliphatic rings. The summed E-state index contributed by atoms with van der Waals surface area (Å²) in [5.41, 5.74) is 0. The second-order valence-corrected chi connectivity index (χ2v) is 11.2. The Bertz CT molecular complexity index is 321. The zero-order valence-electron chi connectivity index (χ0n) is 11.3. The van der Waals surface area contributed by atoms with Gasteiger partial charge in [-0.3, -0.25) is 4.79 Å². The molecule has 2 rings (SSSR count). The third-order valence-corrected chi connectivity index (χ3v) is 8.60. The van der Waals surface area contributed by atoms with E-state index >= 15 is 0 Å². The number of ketones is 1. The summed E-state index contributed by atoms with van der Waals surface area (Å²) in [6, 6.07) is 0. The van der Waals surface area contributed by atoms with Crippen molar-refractivity contribution in [2.45, 2.75) is 57.2 Å². The van der Waals surface area contributed by atoms with E-state index in [0.29, 0.717) is 6.61 Å². The standard InChI is InChI=1S/C12H22O4Si/c1-12(2,3)17(4,5)16-9-7-15-10-8(13)6-14-11(9)10/h9-11H,6-7H2,1-5H3/t9-,10+,11+/m0/s1. The second-order valence-electron chi connectivity index (χ2n) is 6.41. The van der Waals surface area contributed by atoms with Gasteiger partial charge < -0.3 is 13.9 Å². The van der Waals surface area contributed by atoms with Crippen molar-refractivity contribution < 1.29 is 18.7 Å². The minimum absolute atomic E-state index is 0.0522. The quantitative estimate of drug-likeness (QED) is 0.708. The first kappa shape index (κ1) is 13.2. The van der Waals surface area contributed by atoms with Crippen LogP contribution in [0.15, 0.2) is 0 Å². The maximum Gasteiger partial charge on any atom is 0.192 e. The molecule has 5 heteroatoms. The highest BCUT2D eigenvalue weighted by Crippen LogP contribution is 2.39. The summed E-state index contributed by atoms with van der Waals surface area (Å²) in [6.45, 7) is 11.7. The third kappa shape index (κ3) is 2.34. The summed E-state index contributed by atoms with van der Waals surface area (Å²) >= 11 is 0. The predicted octanol–water partition coefficient (Wildman–Crippen LogP) is 1.74. The summed E-state index contributed by atoms with van der Waals surface area (Å²) in [5.74, 6) is 0.0522. The molecule has 2 saturated heterocycles. The molecule has 0 aromatic rings. The summed E-state index contributed by atoms with van der Waals surface area (Å²) in [4.78, 5) is 11.5. The van der Waals surface area contributed by atoms with Crippen molar-refractivity contribution in [2.24, 2.45) is 0 Å². The minimum atomic E-state index is -1.82. The first-order chi connectivity index (χ1) is 7.72. The van der Waals surface area contributed by atoms with Gasteiger partial charge in [-0.1, -0.05) is 20.8 Å². The topological polar surface area (TPSA) is 44.8 Å². The minimum Gasteiger partial charge on any atom is -0.409 e. The maximum absolute atomic E-state index is 11.5. The van der Waals surface area contributed by atoms with E-state index < -0.39 is 8.32 Å². The molecule has 0 spiro atoms. The van der Waals surface area contributed by atoms with Gasteiger partial charge in [-0.2, -0.15) is 0 Å². The fourth-order valence-electron chi connectivity index (χ4n) is 1.97. The fourth-order valence-corrected chi connectivity index (χ4v) is 3.28. The summed E-state index contributed by atoms with van der Waals surface area (Å²) < 4.78 is 17.2. The molecule has 0 unspecified atom stereocenters. The van der Waals surface area contributed by atoms with Crippen molar-refractivity contribution in [1.29, 1.82) is 0 Å². The van der Waals surface area contributed by atoms with Crippen LogP contribution < -0.4 is 0 Å². The average Bonchev–Trinajstić information content (AvgIpc) is 2.70.